The third-order valence-corrected chi connectivity index (χ3v) is 1.93. The zero-order valence-corrected chi connectivity index (χ0v) is 7.00. The number of hydrogen-bond acceptors (Lipinski definition) is 2. The lowest BCUT2D eigenvalue weighted by molar-refractivity contribution is -0.119. The molecular formula is C8H15NO2. The molecule has 11 heavy (non-hydrogen) atoms. The van der Waals surface area contributed by atoms with E-state index in [1.807, 2.05) is 0 Å². The van der Waals surface area contributed by atoms with Gasteiger partial charge in [-0.3, -0.25) is 4.79 Å². The highest BCUT2D eigenvalue weighted by Crippen LogP contribution is 2.15. The Morgan fingerprint density at radius 1 is 1.73 bits per heavy atom. The van der Waals surface area contributed by atoms with E-state index in [0.29, 0.717) is 5.92 Å². The van der Waals surface area contributed by atoms with E-state index in [1.54, 1.807) is 0 Å². The summed E-state index contributed by atoms with van der Waals surface area (Å²) in [5.41, 5.74) is 0. The molecular weight excluding hydrogens is 142 g/mol. The number of aliphatic hydroxyl groups excluding tert-OH is 1. The molecule has 1 amide bonds. The van der Waals surface area contributed by atoms with Crippen molar-refractivity contribution < 1.29 is 9.90 Å². The molecule has 3 nitrogen and oxygen atoms in total. The van der Waals surface area contributed by atoms with Crippen molar-refractivity contribution in [2.75, 3.05) is 0 Å². The Hall–Kier alpha value is -0.570. The van der Waals surface area contributed by atoms with Crippen LogP contribution in [0.3, 0.4) is 0 Å². The number of aliphatic hydroxyl groups is 1. The summed E-state index contributed by atoms with van der Waals surface area (Å²) in [6.07, 6.45) is 0.675. The first-order valence-corrected chi connectivity index (χ1v) is 4.07. The summed E-state index contributed by atoms with van der Waals surface area (Å²) in [4.78, 5) is 10.8. The van der Waals surface area contributed by atoms with Crippen LogP contribution in [0.1, 0.15) is 26.7 Å². The second-order valence-corrected chi connectivity index (χ2v) is 3.58. The van der Waals surface area contributed by atoms with E-state index in [2.05, 4.69) is 19.2 Å². The van der Waals surface area contributed by atoms with Crippen LogP contribution in [0.2, 0.25) is 0 Å². The zero-order valence-electron chi connectivity index (χ0n) is 7.00. The van der Waals surface area contributed by atoms with Crippen molar-refractivity contribution in [2.24, 2.45) is 5.92 Å². The Kier molecular flexibility index (Phi) is 2.49. The molecule has 0 aromatic rings. The van der Waals surface area contributed by atoms with Crippen molar-refractivity contribution in [2.45, 2.75) is 38.8 Å². The highest BCUT2D eigenvalue weighted by atomic mass is 16.3. The quantitative estimate of drug-likeness (QED) is 0.605. The molecule has 0 radical (unpaired) electrons. The molecule has 1 saturated heterocycles. The molecule has 3 heteroatoms. The maximum Gasteiger partial charge on any atom is 0.222 e. The lowest BCUT2D eigenvalue weighted by atomic mass is 10.0. The molecule has 1 aliphatic rings. The molecule has 2 N–H and O–H groups in total. The van der Waals surface area contributed by atoms with Gasteiger partial charge in [0.15, 0.2) is 0 Å². The van der Waals surface area contributed by atoms with Gasteiger partial charge < -0.3 is 10.4 Å². The van der Waals surface area contributed by atoms with E-state index in [-0.39, 0.29) is 18.4 Å². The van der Waals surface area contributed by atoms with Crippen molar-refractivity contribution >= 4 is 5.91 Å². The van der Waals surface area contributed by atoms with Gasteiger partial charge in [-0.15, -0.1) is 0 Å². The van der Waals surface area contributed by atoms with E-state index >= 15 is 0 Å². The van der Waals surface area contributed by atoms with Crippen molar-refractivity contribution in [1.82, 2.24) is 5.32 Å². The molecule has 1 heterocycles. The van der Waals surface area contributed by atoms with Crippen LogP contribution in [0.5, 0.6) is 0 Å². The molecule has 0 bridgehead atoms. The van der Waals surface area contributed by atoms with Gasteiger partial charge in [-0.2, -0.15) is 0 Å². The van der Waals surface area contributed by atoms with Gasteiger partial charge in [-0.1, -0.05) is 13.8 Å². The lowest BCUT2D eigenvalue weighted by Gasteiger charge is -2.15. The van der Waals surface area contributed by atoms with Crippen molar-refractivity contribution in [3.8, 4) is 0 Å². The summed E-state index contributed by atoms with van der Waals surface area (Å²) < 4.78 is 0. The molecule has 64 valence electrons. The van der Waals surface area contributed by atoms with Gasteiger partial charge in [0.1, 0.15) is 0 Å². The second kappa shape index (κ2) is 3.22. The molecule has 1 aliphatic heterocycles. The third-order valence-electron chi connectivity index (χ3n) is 1.93. The number of rotatable bonds is 2. The highest BCUT2D eigenvalue weighted by Gasteiger charge is 2.30. The number of carbonyl (C=O) groups excluding carboxylic acids is 1. The Bertz CT molecular complexity index is 156. The first-order valence-electron chi connectivity index (χ1n) is 4.07. The first-order chi connectivity index (χ1) is 5.09. The van der Waals surface area contributed by atoms with Crippen LogP contribution >= 0.6 is 0 Å². The third kappa shape index (κ3) is 2.19. The molecule has 1 unspecified atom stereocenters. The predicted molar refractivity (Wildman–Crippen MR) is 42.0 cm³/mol. The van der Waals surface area contributed by atoms with Crippen LogP contribution in [-0.2, 0) is 4.79 Å². The average Bonchev–Trinajstić information content (AvgIpc) is 2.09. The molecule has 0 aromatic heterocycles. The molecule has 0 spiro atoms. The Morgan fingerprint density at radius 2 is 2.36 bits per heavy atom. The molecule has 1 fully saturated rings. The maximum absolute atomic E-state index is 10.8. The van der Waals surface area contributed by atoms with Crippen LogP contribution < -0.4 is 5.32 Å². The van der Waals surface area contributed by atoms with E-state index in [4.69, 9.17) is 0 Å². The molecule has 1 rings (SSSR count). The van der Waals surface area contributed by atoms with Crippen molar-refractivity contribution in [3.05, 3.63) is 0 Å². The van der Waals surface area contributed by atoms with E-state index in [9.17, 15) is 9.90 Å². The normalized spacial score (nSPS) is 31.1. The van der Waals surface area contributed by atoms with Gasteiger partial charge in [0.2, 0.25) is 5.91 Å². The molecule has 0 aliphatic carbocycles. The molecule has 0 saturated carbocycles. The van der Waals surface area contributed by atoms with Crippen LogP contribution in [0.25, 0.3) is 0 Å². The minimum atomic E-state index is -0.468. The second-order valence-electron chi connectivity index (χ2n) is 3.58. The van der Waals surface area contributed by atoms with Gasteiger partial charge >= 0.3 is 0 Å². The minimum Gasteiger partial charge on any atom is -0.390 e. The summed E-state index contributed by atoms with van der Waals surface area (Å²) in [5.74, 6) is 0.496. The number of nitrogens with one attached hydrogen (secondary N) is 1. The van der Waals surface area contributed by atoms with Gasteiger partial charge in [0.25, 0.3) is 0 Å². The minimum absolute atomic E-state index is 0.0116. The average molecular weight is 157 g/mol. The highest BCUT2D eigenvalue weighted by molar-refractivity contribution is 5.79. The van der Waals surface area contributed by atoms with Crippen LogP contribution in [0.15, 0.2) is 0 Å². The van der Waals surface area contributed by atoms with E-state index in [1.165, 1.54) is 0 Å². The summed E-state index contributed by atoms with van der Waals surface area (Å²) >= 11 is 0. The fourth-order valence-electron chi connectivity index (χ4n) is 1.42. The Morgan fingerprint density at radius 3 is 2.73 bits per heavy atom. The summed E-state index contributed by atoms with van der Waals surface area (Å²) in [5, 5.41) is 12.1. The first kappa shape index (κ1) is 8.53. The monoisotopic (exact) mass is 157 g/mol. The zero-order chi connectivity index (χ0) is 8.43. The fraction of sp³-hybridized carbons (Fsp3) is 0.875. The Balaban J connectivity index is 2.40. The largest absolute Gasteiger partial charge is 0.390 e. The van der Waals surface area contributed by atoms with E-state index < -0.39 is 6.10 Å². The van der Waals surface area contributed by atoms with Gasteiger partial charge in [-0.05, 0) is 12.3 Å². The van der Waals surface area contributed by atoms with Gasteiger partial charge in [0, 0.05) is 0 Å². The van der Waals surface area contributed by atoms with Crippen molar-refractivity contribution in [3.63, 3.8) is 0 Å². The summed E-state index contributed by atoms with van der Waals surface area (Å²) in [6, 6.07) is -0.0116. The summed E-state index contributed by atoms with van der Waals surface area (Å²) in [7, 11) is 0. The van der Waals surface area contributed by atoms with Crippen LogP contribution in [-0.4, -0.2) is 23.2 Å². The van der Waals surface area contributed by atoms with E-state index in [0.717, 1.165) is 6.42 Å². The smallest absolute Gasteiger partial charge is 0.222 e. The molecule has 0 aromatic carbocycles. The van der Waals surface area contributed by atoms with Crippen molar-refractivity contribution in [1.29, 1.82) is 0 Å². The maximum atomic E-state index is 10.8. The standard InChI is InChI=1S/C8H15NO2/c1-5(2)3-6-7(10)4-8(11)9-6/h5-7,10H,3-4H2,1-2H3,(H,9,11)/t6?,7-/m0/s1. The van der Waals surface area contributed by atoms with Crippen LogP contribution in [0.4, 0.5) is 0 Å². The number of amides is 1. The van der Waals surface area contributed by atoms with Crippen LogP contribution in [0, 0.1) is 5.92 Å². The van der Waals surface area contributed by atoms with Gasteiger partial charge in [0.05, 0.1) is 18.6 Å². The SMILES string of the molecule is CC(C)CC1NC(=O)C[C@@H]1O. The molecule has 2 atom stereocenters. The Labute approximate surface area is 66.8 Å². The number of hydrogen-bond donors (Lipinski definition) is 2. The van der Waals surface area contributed by atoms with Gasteiger partial charge in [-0.25, -0.2) is 0 Å². The lowest BCUT2D eigenvalue weighted by Crippen LogP contribution is -2.32. The predicted octanol–water partition coefficient (Wildman–Crippen LogP) is 0.282. The fourth-order valence-corrected chi connectivity index (χ4v) is 1.42. The number of carbonyl (C=O) groups is 1. The topological polar surface area (TPSA) is 49.3 Å². The summed E-state index contributed by atoms with van der Waals surface area (Å²) in [6.45, 7) is 4.16.